The summed E-state index contributed by atoms with van der Waals surface area (Å²) in [7, 11) is 1.52. The third kappa shape index (κ3) is 5.36. The zero-order valence-corrected chi connectivity index (χ0v) is 8.37. The van der Waals surface area contributed by atoms with Gasteiger partial charge in [0.25, 0.3) is 0 Å². The number of amides is 2. The first-order valence-corrected chi connectivity index (χ1v) is 4.38. The van der Waals surface area contributed by atoms with Crippen molar-refractivity contribution < 1.29 is 19.4 Å². The van der Waals surface area contributed by atoms with Gasteiger partial charge in [0, 0.05) is 13.7 Å². The van der Waals surface area contributed by atoms with Crippen LogP contribution in [0.15, 0.2) is 0 Å². The maximum absolute atomic E-state index is 11.1. The molecule has 0 unspecified atom stereocenters. The van der Waals surface area contributed by atoms with E-state index in [2.05, 4.69) is 10.6 Å². The molecular weight excluding hydrogens is 188 g/mol. The van der Waals surface area contributed by atoms with Crippen molar-refractivity contribution in [1.29, 1.82) is 0 Å². The fraction of sp³-hybridized carbons (Fsp3) is 0.750. The highest BCUT2D eigenvalue weighted by Gasteiger charge is 2.16. The molecule has 3 N–H and O–H groups in total. The second-order valence-corrected chi connectivity index (χ2v) is 2.69. The average molecular weight is 204 g/mol. The molecule has 0 aliphatic rings. The van der Waals surface area contributed by atoms with Crippen molar-refractivity contribution in [2.75, 3.05) is 20.3 Å². The predicted molar refractivity (Wildman–Crippen MR) is 50.1 cm³/mol. The van der Waals surface area contributed by atoms with Crippen molar-refractivity contribution in [2.24, 2.45) is 0 Å². The van der Waals surface area contributed by atoms with Gasteiger partial charge in [-0.25, -0.2) is 9.59 Å². The molecule has 0 rings (SSSR count). The number of aliphatic carboxylic acids is 1. The van der Waals surface area contributed by atoms with E-state index in [1.54, 1.807) is 6.92 Å². The van der Waals surface area contributed by atoms with Gasteiger partial charge in [-0.2, -0.15) is 0 Å². The number of carboxylic acids is 1. The van der Waals surface area contributed by atoms with Crippen LogP contribution < -0.4 is 10.6 Å². The van der Waals surface area contributed by atoms with Crippen molar-refractivity contribution in [2.45, 2.75) is 19.4 Å². The topological polar surface area (TPSA) is 87.7 Å². The van der Waals surface area contributed by atoms with Gasteiger partial charge >= 0.3 is 12.0 Å². The van der Waals surface area contributed by atoms with E-state index in [1.165, 1.54) is 7.11 Å². The van der Waals surface area contributed by atoms with E-state index < -0.39 is 18.0 Å². The highest BCUT2D eigenvalue weighted by Crippen LogP contribution is 1.89. The number of nitrogens with one attached hydrogen (secondary N) is 2. The van der Waals surface area contributed by atoms with Gasteiger partial charge in [0.2, 0.25) is 0 Å². The summed E-state index contributed by atoms with van der Waals surface area (Å²) in [5.74, 6) is -1.03. The lowest BCUT2D eigenvalue weighted by Gasteiger charge is -2.12. The van der Waals surface area contributed by atoms with E-state index in [4.69, 9.17) is 9.84 Å². The van der Waals surface area contributed by atoms with Gasteiger partial charge in [-0.3, -0.25) is 0 Å². The fourth-order valence-corrected chi connectivity index (χ4v) is 0.814. The predicted octanol–water partition coefficient (Wildman–Crippen LogP) is -0.205. The standard InChI is InChI=1S/C8H16N2O4/c1-3-6(7(11)12)10-8(13)9-4-5-14-2/h6H,3-5H2,1-2H3,(H,11,12)(H2,9,10,13)/t6-/m0/s1. The largest absolute Gasteiger partial charge is 0.480 e. The lowest BCUT2D eigenvalue weighted by molar-refractivity contribution is -0.139. The fourth-order valence-electron chi connectivity index (χ4n) is 0.814. The van der Waals surface area contributed by atoms with Gasteiger partial charge in [0.15, 0.2) is 0 Å². The summed E-state index contributed by atoms with van der Waals surface area (Å²) < 4.78 is 4.71. The van der Waals surface area contributed by atoms with Gasteiger partial charge in [-0.05, 0) is 6.42 Å². The molecule has 6 nitrogen and oxygen atoms in total. The van der Waals surface area contributed by atoms with E-state index in [0.717, 1.165) is 0 Å². The zero-order chi connectivity index (χ0) is 11.0. The first-order chi connectivity index (χ1) is 6.61. The summed E-state index contributed by atoms with van der Waals surface area (Å²) in [6, 6.07) is -1.33. The molecule has 0 aromatic heterocycles. The average Bonchev–Trinajstić information content (AvgIpc) is 2.14. The minimum Gasteiger partial charge on any atom is -0.480 e. The number of urea groups is 1. The molecule has 1 atom stereocenters. The summed E-state index contributed by atoms with van der Waals surface area (Å²) in [6.45, 7) is 2.45. The maximum atomic E-state index is 11.1. The number of carbonyl (C=O) groups excluding carboxylic acids is 1. The van der Waals surface area contributed by atoms with Crippen molar-refractivity contribution in [1.82, 2.24) is 10.6 Å². The van der Waals surface area contributed by atoms with Gasteiger partial charge in [0.05, 0.1) is 6.61 Å². The molecule has 0 saturated carbocycles. The molecular formula is C8H16N2O4. The highest BCUT2D eigenvalue weighted by molar-refractivity contribution is 5.82. The molecule has 0 aromatic carbocycles. The molecule has 0 spiro atoms. The van der Waals surface area contributed by atoms with E-state index in [0.29, 0.717) is 19.6 Å². The quantitative estimate of drug-likeness (QED) is 0.523. The number of methoxy groups -OCH3 is 1. The van der Waals surface area contributed by atoms with E-state index in [-0.39, 0.29) is 0 Å². The number of ether oxygens (including phenoxy) is 1. The van der Waals surface area contributed by atoms with Crippen molar-refractivity contribution >= 4 is 12.0 Å². The number of hydrogen-bond donors (Lipinski definition) is 3. The molecule has 0 bridgehead atoms. The van der Waals surface area contributed by atoms with Crippen LogP contribution in [0.2, 0.25) is 0 Å². The lowest BCUT2D eigenvalue weighted by atomic mass is 10.2. The zero-order valence-electron chi connectivity index (χ0n) is 8.37. The Morgan fingerprint density at radius 3 is 2.57 bits per heavy atom. The number of rotatable bonds is 6. The van der Waals surface area contributed by atoms with Crippen LogP contribution in [0.1, 0.15) is 13.3 Å². The van der Waals surface area contributed by atoms with Crippen LogP contribution in [0, 0.1) is 0 Å². The minimum atomic E-state index is -1.03. The Bertz CT molecular complexity index is 196. The molecule has 6 heteroatoms. The van der Waals surface area contributed by atoms with Crippen LogP contribution in [0.25, 0.3) is 0 Å². The minimum absolute atomic E-state index is 0.354. The Kier molecular flexibility index (Phi) is 6.47. The Morgan fingerprint density at radius 2 is 2.14 bits per heavy atom. The maximum Gasteiger partial charge on any atom is 0.326 e. The molecule has 0 saturated heterocycles. The number of carboxylic acid groups (broad SMARTS) is 1. The highest BCUT2D eigenvalue weighted by atomic mass is 16.5. The molecule has 14 heavy (non-hydrogen) atoms. The lowest BCUT2D eigenvalue weighted by Crippen LogP contribution is -2.46. The summed E-state index contributed by atoms with van der Waals surface area (Å²) >= 11 is 0. The molecule has 0 aromatic rings. The van der Waals surface area contributed by atoms with Crippen molar-refractivity contribution in [3.8, 4) is 0 Å². The van der Waals surface area contributed by atoms with Crippen LogP contribution in [0.5, 0.6) is 0 Å². The van der Waals surface area contributed by atoms with Crippen LogP contribution in [-0.4, -0.2) is 43.4 Å². The third-order valence-electron chi connectivity index (χ3n) is 1.60. The molecule has 0 aliphatic carbocycles. The van der Waals surface area contributed by atoms with Crippen molar-refractivity contribution in [3.05, 3.63) is 0 Å². The molecule has 0 aliphatic heterocycles. The first-order valence-electron chi connectivity index (χ1n) is 4.38. The first kappa shape index (κ1) is 12.7. The summed E-state index contributed by atoms with van der Waals surface area (Å²) in [6.07, 6.45) is 0.354. The van der Waals surface area contributed by atoms with Crippen molar-refractivity contribution in [3.63, 3.8) is 0 Å². The normalized spacial score (nSPS) is 11.9. The molecule has 82 valence electrons. The van der Waals surface area contributed by atoms with Crippen LogP contribution in [0.4, 0.5) is 4.79 Å². The molecule has 0 heterocycles. The van der Waals surface area contributed by atoms with Gasteiger partial charge in [-0.1, -0.05) is 6.92 Å². The van der Waals surface area contributed by atoms with E-state index >= 15 is 0 Å². The summed E-state index contributed by atoms with van der Waals surface area (Å²) in [5.41, 5.74) is 0. The molecule has 0 radical (unpaired) electrons. The SMILES string of the molecule is CC[C@H](NC(=O)NCCOC)C(=O)O. The van der Waals surface area contributed by atoms with Gasteiger partial charge in [-0.15, -0.1) is 0 Å². The summed E-state index contributed by atoms with van der Waals surface area (Å²) in [4.78, 5) is 21.6. The van der Waals surface area contributed by atoms with E-state index in [1.807, 2.05) is 0 Å². The second-order valence-electron chi connectivity index (χ2n) is 2.69. The smallest absolute Gasteiger partial charge is 0.326 e. The number of carbonyl (C=O) groups is 2. The number of hydrogen-bond acceptors (Lipinski definition) is 3. The second kappa shape index (κ2) is 7.14. The Hall–Kier alpha value is -1.30. The van der Waals surface area contributed by atoms with Crippen LogP contribution in [0.3, 0.4) is 0 Å². The monoisotopic (exact) mass is 204 g/mol. The van der Waals surface area contributed by atoms with Crippen LogP contribution in [-0.2, 0) is 9.53 Å². The summed E-state index contributed by atoms with van der Waals surface area (Å²) in [5, 5.41) is 13.4. The molecule has 2 amide bonds. The Balaban J connectivity index is 3.74. The van der Waals surface area contributed by atoms with Crippen LogP contribution >= 0.6 is 0 Å². The Morgan fingerprint density at radius 1 is 1.50 bits per heavy atom. The van der Waals surface area contributed by atoms with Gasteiger partial charge < -0.3 is 20.5 Å². The van der Waals surface area contributed by atoms with E-state index in [9.17, 15) is 9.59 Å². The Labute approximate surface area is 82.6 Å². The van der Waals surface area contributed by atoms with Gasteiger partial charge in [0.1, 0.15) is 6.04 Å². The third-order valence-corrected chi connectivity index (χ3v) is 1.60. The molecule has 0 fully saturated rings.